The number of anilines is 1. The highest BCUT2D eigenvalue weighted by atomic mass is 35.5. The molecule has 0 radical (unpaired) electrons. The van der Waals surface area contributed by atoms with E-state index in [9.17, 15) is 31.9 Å². The molecule has 0 aliphatic heterocycles. The van der Waals surface area contributed by atoms with Gasteiger partial charge in [-0.1, -0.05) is 11.6 Å². The molecule has 0 aliphatic rings. The van der Waals surface area contributed by atoms with Crippen molar-refractivity contribution in [2.75, 3.05) is 5.32 Å². The highest BCUT2D eigenvalue weighted by Gasteiger charge is 2.28. The third-order valence-corrected chi connectivity index (χ3v) is 3.29. The number of benzene rings is 1. The summed E-state index contributed by atoms with van der Waals surface area (Å²) in [5, 5.41) is 2.09. The first-order valence-corrected chi connectivity index (χ1v) is 7.06. The molecule has 2 aromatic rings. The van der Waals surface area contributed by atoms with Crippen molar-refractivity contribution in [3.63, 3.8) is 0 Å². The normalized spacial score (nSPS) is 11.4. The molecule has 2 rings (SSSR count). The molecule has 6 nitrogen and oxygen atoms in total. The first-order valence-electron chi connectivity index (χ1n) is 6.68. The summed E-state index contributed by atoms with van der Waals surface area (Å²) in [6.07, 6.45) is -3.01. The molecule has 0 atom stereocenters. The van der Waals surface area contributed by atoms with Gasteiger partial charge < -0.3 is 9.88 Å². The van der Waals surface area contributed by atoms with Crippen LogP contribution in [0.3, 0.4) is 0 Å². The fourth-order valence-corrected chi connectivity index (χ4v) is 2.09. The second kappa shape index (κ2) is 7.09. The number of hydrogen-bond acceptors (Lipinski definition) is 3. The standard InChI is InChI=1S/C14H10ClF4N3O3/c15-9-5-8(1-2-10(9)16)20-11(23)6-21-3-4-22(7-14(17,18)19)13(25)12(21)24/h1-5H,6-7H2,(H,20,23). The molecule has 134 valence electrons. The van der Waals surface area contributed by atoms with Crippen LogP contribution in [0.2, 0.25) is 5.02 Å². The second-order valence-electron chi connectivity index (χ2n) is 4.96. The van der Waals surface area contributed by atoms with E-state index in [1.54, 1.807) is 0 Å². The van der Waals surface area contributed by atoms with Gasteiger partial charge in [0, 0.05) is 18.1 Å². The first kappa shape index (κ1) is 18.7. The molecule has 11 heteroatoms. The number of aromatic nitrogens is 2. The zero-order valence-electron chi connectivity index (χ0n) is 12.3. The number of carbonyl (C=O) groups is 1. The summed E-state index contributed by atoms with van der Waals surface area (Å²) in [6.45, 7) is -2.22. The van der Waals surface area contributed by atoms with Gasteiger partial charge in [-0.15, -0.1) is 0 Å². The number of rotatable bonds is 4. The molecule has 1 aromatic heterocycles. The van der Waals surface area contributed by atoms with Crippen LogP contribution < -0.4 is 16.4 Å². The molecular weight excluding hydrogens is 370 g/mol. The van der Waals surface area contributed by atoms with Crippen molar-refractivity contribution < 1.29 is 22.4 Å². The summed E-state index contributed by atoms with van der Waals surface area (Å²) in [4.78, 5) is 35.3. The Balaban J connectivity index is 2.16. The summed E-state index contributed by atoms with van der Waals surface area (Å²) in [7, 11) is 0. The quantitative estimate of drug-likeness (QED) is 0.652. The molecular formula is C14H10ClF4N3O3. The molecule has 0 bridgehead atoms. The average Bonchev–Trinajstić information content (AvgIpc) is 2.49. The zero-order valence-corrected chi connectivity index (χ0v) is 13.1. The highest BCUT2D eigenvalue weighted by molar-refractivity contribution is 6.31. The minimum atomic E-state index is -4.67. The molecule has 25 heavy (non-hydrogen) atoms. The number of alkyl halides is 3. The van der Waals surface area contributed by atoms with Crippen molar-refractivity contribution in [3.8, 4) is 0 Å². The van der Waals surface area contributed by atoms with Gasteiger partial charge in [0.05, 0.1) is 5.02 Å². The van der Waals surface area contributed by atoms with E-state index in [1.807, 2.05) is 0 Å². The summed E-state index contributed by atoms with van der Waals surface area (Å²) in [6, 6.07) is 3.38. The van der Waals surface area contributed by atoms with Crippen LogP contribution >= 0.6 is 11.6 Å². The SMILES string of the molecule is O=C(Cn1ccn(CC(F)(F)F)c(=O)c1=O)Nc1ccc(F)c(Cl)c1. The van der Waals surface area contributed by atoms with Crippen LogP contribution in [-0.2, 0) is 17.9 Å². The van der Waals surface area contributed by atoms with Gasteiger partial charge in [0.2, 0.25) is 5.91 Å². The van der Waals surface area contributed by atoms with Crippen LogP contribution in [0.25, 0.3) is 0 Å². The topological polar surface area (TPSA) is 73.1 Å². The van der Waals surface area contributed by atoms with Gasteiger partial charge in [0.25, 0.3) is 0 Å². The maximum absolute atomic E-state index is 13.0. The van der Waals surface area contributed by atoms with E-state index in [2.05, 4.69) is 5.32 Å². The lowest BCUT2D eigenvalue weighted by molar-refractivity contribution is -0.141. The lowest BCUT2D eigenvalue weighted by Crippen LogP contribution is -2.43. The molecule has 1 aromatic carbocycles. The number of carbonyl (C=O) groups excluding carboxylic acids is 1. The lowest BCUT2D eigenvalue weighted by atomic mass is 10.3. The van der Waals surface area contributed by atoms with Crippen molar-refractivity contribution in [1.82, 2.24) is 9.13 Å². The molecule has 1 amide bonds. The molecule has 0 saturated carbocycles. The molecule has 1 heterocycles. The van der Waals surface area contributed by atoms with Crippen molar-refractivity contribution in [2.45, 2.75) is 19.3 Å². The summed E-state index contributed by atoms with van der Waals surface area (Å²) < 4.78 is 50.8. The maximum atomic E-state index is 13.0. The Kier molecular flexibility index (Phi) is 5.31. The summed E-state index contributed by atoms with van der Waals surface area (Å²) >= 11 is 5.56. The van der Waals surface area contributed by atoms with E-state index in [0.717, 1.165) is 24.5 Å². The van der Waals surface area contributed by atoms with E-state index in [1.165, 1.54) is 6.07 Å². The van der Waals surface area contributed by atoms with Crippen molar-refractivity contribution in [1.29, 1.82) is 0 Å². The van der Waals surface area contributed by atoms with Crippen LogP contribution in [0, 0.1) is 5.82 Å². The van der Waals surface area contributed by atoms with Crippen LogP contribution in [0.5, 0.6) is 0 Å². The van der Waals surface area contributed by atoms with E-state index < -0.39 is 42.1 Å². The lowest BCUT2D eigenvalue weighted by Gasteiger charge is -2.11. The minimum Gasteiger partial charge on any atom is -0.324 e. The third-order valence-electron chi connectivity index (χ3n) is 3.00. The van der Waals surface area contributed by atoms with Gasteiger partial charge >= 0.3 is 17.3 Å². The number of amides is 1. The predicted molar refractivity (Wildman–Crippen MR) is 81.1 cm³/mol. The second-order valence-corrected chi connectivity index (χ2v) is 5.36. The van der Waals surface area contributed by atoms with Crippen molar-refractivity contribution in [2.24, 2.45) is 0 Å². The van der Waals surface area contributed by atoms with Crippen molar-refractivity contribution >= 4 is 23.2 Å². The van der Waals surface area contributed by atoms with Gasteiger partial charge in [-0.25, -0.2) is 4.39 Å². The third kappa shape index (κ3) is 4.92. The van der Waals surface area contributed by atoms with Gasteiger partial charge in [-0.2, -0.15) is 13.2 Å². The first-order chi connectivity index (χ1) is 11.6. The van der Waals surface area contributed by atoms with Crippen molar-refractivity contribution in [3.05, 3.63) is 62.1 Å². The Bertz CT molecular complexity index is 921. The average molecular weight is 380 g/mol. The van der Waals surface area contributed by atoms with Gasteiger partial charge in [0.15, 0.2) is 0 Å². The molecule has 1 N–H and O–H groups in total. The van der Waals surface area contributed by atoms with Crippen LogP contribution in [0.15, 0.2) is 40.2 Å². The Morgan fingerprint density at radius 2 is 1.72 bits per heavy atom. The van der Waals surface area contributed by atoms with E-state index in [4.69, 9.17) is 11.6 Å². The molecule has 0 spiro atoms. The fourth-order valence-electron chi connectivity index (χ4n) is 1.91. The van der Waals surface area contributed by atoms with Gasteiger partial charge in [-0.05, 0) is 18.2 Å². The maximum Gasteiger partial charge on any atom is 0.406 e. The van der Waals surface area contributed by atoms with Gasteiger partial charge in [-0.3, -0.25) is 19.0 Å². The number of halogens is 5. The number of nitrogens with one attached hydrogen (secondary N) is 1. The highest BCUT2D eigenvalue weighted by Crippen LogP contribution is 2.19. The molecule has 0 fully saturated rings. The van der Waals surface area contributed by atoms with Crippen LogP contribution in [-0.4, -0.2) is 21.2 Å². The number of nitrogens with zero attached hydrogens (tertiary/aromatic N) is 2. The summed E-state index contributed by atoms with van der Waals surface area (Å²) in [5.74, 6) is -1.44. The zero-order chi connectivity index (χ0) is 18.8. The smallest absolute Gasteiger partial charge is 0.324 e. The number of hydrogen-bond donors (Lipinski definition) is 1. The van der Waals surface area contributed by atoms with E-state index in [0.29, 0.717) is 4.57 Å². The Morgan fingerprint density at radius 3 is 2.32 bits per heavy atom. The van der Waals surface area contributed by atoms with Crippen LogP contribution in [0.1, 0.15) is 0 Å². The monoisotopic (exact) mass is 379 g/mol. The van der Waals surface area contributed by atoms with Gasteiger partial charge in [0.1, 0.15) is 18.9 Å². The minimum absolute atomic E-state index is 0.148. The fraction of sp³-hybridized carbons (Fsp3) is 0.214. The largest absolute Gasteiger partial charge is 0.406 e. The molecule has 0 unspecified atom stereocenters. The van der Waals surface area contributed by atoms with E-state index in [-0.39, 0.29) is 15.3 Å². The Hall–Kier alpha value is -2.62. The molecule has 0 saturated heterocycles. The van der Waals surface area contributed by atoms with E-state index >= 15 is 0 Å². The Morgan fingerprint density at radius 1 is 1.12 bits per heavy atom. The predicted octanol–water partition coefficient (Wildman–Crippen LogP) is 2.00. The Labute approximate surface area is 142 Å². The van der Waals surface area contributed by atoms with Crippen LogP contribution in [0.4, 0.5) is 23.2 Å². The molecule has 0 aliphatic carbocycles. The summed E-state index contributed by atoms with van der Waals surface area (Å²) in [5.41, 5.74) is -2.54.